The van der Waals surface area contributed by atoms with E-state index in [1.165, 1.54) is 27.8 Å². The van der Waals surface area contributed by atoms with Gasteiger partial charge < -0.3 is 5.11 Å². The number of aliphatic hydroxyl groups is 1. The second-order valence-corrected chi connectivity index (χ2v) is 6.93. The average molecular weight is 329 g/mol. The summed E-state index contributed by atoms with van der Waals surface area (Å²) in [7, 11) is 10.9. The van der Waals surface area contributed by atoms with Gasteiger partial charge >= 0.3 is 37.9 Å². The van der Waals surface area contributed by atoms with E-state index >= 15 is 0 Å². The second kappa shape index (κ2) is 9.96. The van der Waals surface area contributed by atoms with E-state index in [0.29, 0.717) is 0 Å². The molecule has 1 N–H and O–H groups in total. The molecule has 0 saturated carbocycles. The van der Waals surface area contributed by atoms with Crippen molar-refractivity contribution >= 4 is 17.0 Å². The SMILES string of the molecule is CO.Cc1c(C)c(C)[c-](C)c1C.[Cl][Zr][Cl]. The van der Waals surface area contributed by atoms with Gasteiger partial charge in [0, 0.05) is 7.11 Å². The Bertz CT molecular complexity index is 202. The summed E-state index contributed by atoms with van der Waals surface area (Å²) in [5.74, 6) is 0. The monoisotopic (exact) mass is 327 g/mol. The number of hydrogen-bond acceptors (Lipinski definition) is 1. The third-order valence-electron chi connectivity index (χ3n) is 2.81. The zero-order chi connectivity index (χ0) is 12.6. The molecule has 4 heteroatoms. The van der Waals surface area contributed by atoms with Gasteiger partial charge in [-0.25, -0.2) is 0 Å². The molecule has 0 aliphatic carbocycles. The van der Waals surface area contributed by atoms with Crippen molar-refractivity contribution in [3.63, 3.8) is 0 Å². The van der Waals surface area contributed by atoms with Gasteiger partial charge in [0.15, 0.2) is 0 Å². The molecule has 88 valence electrons. The van der Waals surface area contributed by atoms with Gasteiger partial charge in [0.1, 0.15) is 0 Å². The van der Waals surface area contributed by atoms with Gasteiger partial charge in [-0.2, -0.15) is 27.8 Å². The van der Waals surface area contributed by atoms with Crippen LogP contribution >= 0.6 is 17.0 Å². The fraction of sp³-hybridized carbons (Fsp3) is 0.545. The molecule has 0 aliphatic rings. The van der Waals surface area contributed by atoms with Crippen molar-refractivity contribution in [2.24, 2.45) is 0 Å². The summed E-state index contributed by atoms with van der Waals surface area (Å²) in [6.45, 7) is 11.0. The standard InChI is InChI=1S/C10H15.CH4O.2ClH.Zr/c1-6-7(2)9(4)10(5)8(6)3;1-2;;;/h1-5H3;2H,1H3;2*1H;/q-1;;;;+2/p-2. The molecular formula is C11H19Cl2OZr-. The molecule has 0 bridgehead atoms. The maximum absolute atomic E-state index is 7.00. The third kappa shape index (κ3) is 5.59. The van der Waals surface area contributed by atoms with Crippen molar-refractivity contribution < 1.29 is 26.0 Å². The van der Waals surface area contributed by atoms with E-state index in [4.69, 9.17) is 22.1 Å². The van der Waals surface area contributed by atoms with Crippen molar-refractivity contribution in [1.29, 1.82) is 0 Å². The fourth-order valence-electron chi connectivity index (χ4n) is 1.41. The molecule has 0 spiro atoms. The van der Waals surface area contributed by atoms with Crippen molar-refractivity contribution in [3.05, 3.63) is 27.8 Å². The molecule has 0 aromatic heterocycles. The number of rotatable bonds is 0. The van der Waals surface area contributed by atoms with Crippen LogP contribution in [-0.2, 0) is 20.8 Å². The van der Waals surface area contributed by atoms with Gasteiger partial charge in [0.25, 0.3) is 0 Å². The van der Waals surface area contributed by atoms with Gasteiger partial charge in [0.05, 0.1) is 0 Å². The average Bonchev–Trinajstić information content (AvgIpc) is 2.41. The van der Waals surface area contributed by atoms with Gasteiger partial charge in [0.2, 0.25) is 0 Å². The van der Waals surface area contributed by atoms with Crippen LogP contribution < -0.4 is 0 Å². The van der Waals surface area contributed by atoms with E-state index < -0.39 is 20.8 Å². The molecule has 0 fully saturated rings. The van der Waals surface area contributed by atoms with Crippen molar-refractivity contribution in [2.45, 2.75) is 34.6 Å². The summed E-state index contributed by atoms with van der Waals surface area (Å²) in [5, 5.41) is 7.00. The summed E-state index contributed by atoms with van der Waals surface area (Å²) < 4.78 is 0. The number of halogens is 2. The van der Waals surface area contributed by atoms with E-state index in [2.05, 4.69) is 34.6 Å². The van der Waals surface area contributed by atoms with Gasteiger partial charge in [-0.3, -0.25) is 0 Å². The molecule has 1 aromatic carbocycles. The number of hydrogen-bond donors (Lipinski definition) is 1. The topological polar surface area (TPSA) is 20.2 Å². The summed E-state index contributed by atoms with van der Waals surface area (Å²) in [6, 6.07) is 0. The minimum absolute atomic E-state index is 0.826. The fourth-order valence-corrected chi connectivity index (χ4v) is 1.41. The molecular weight excluding hydrogens is 310 g/mol. The molecule has 1 rings (SSSR count). The molecule has 0 unspecified atom stereocenters. The van der Waals surface area contributed by atoms with Crippen LogP contribution in [0.3, 0.4) is 0 Å². The van der Waals surface area contributed by atoms with E-state index in [0.717, 1.165) is 7.11 Å². The third-order valence-corrected chi connectivity index (χ3v) is 2.81. The minimum atomic E-state index is -0.826. The Morgan fingerprint density at radius 3 is 1.20 bits per heavy atom. The first-order chi connectivity index (χ1) is 6.97. The van der Waals surface area contributed by atoms with Crippen LogP contribution in [0.15, 0.2) is 0 Å². The van der Waals surface area contributed by atoms with Crippen LogP contribution in [-0.4, -0.2) is 12.2 Å². The van der Waals surface area contributed by atoms with Gasteiger partial charge in [-0.1, -0.05) is 34.6 Å². The predicted octanol–water partition coefficient (Wildman–Crippen LogP) is 3.93. The molecule has 0 saturated heterocycles. The normalized spacial score (nSPS) is 8.33. The molecule has 0 heterocycles. The van der Waals surface area contributed by atoms with E-state index in [-0.39, 0.29) is 0 Å². The molecule has 0 atom stereocenters. The Morgan fingerprint density at radius 1 is 0.933 bits per heavy atom. The van der Waals surface area contributed by atoms with Crippen LogP contribution in [0.5, 0.6) is 0 Å². The first-order valence-electron chi connectivity index (χ1n) is 4.58. The Balaban J connectivity index is 0. The summed E-state index contributed by atoms with van der Waals surface area (Å²) in [5.41, 5.74) is 7.34. The summed E-state index contributed by atoms with van der Waals surface area (Å²) in [4.78, 5) is 0. The van der Waals surface area contributed by atoms with Crippen LogP contribution in [0, 0.1) is 34.6 Å². The zero-order valence-corrected chi connectivity index (χ0v) is 14.2. The molecule has 0 radical (unpaired) electrons. The Kier molecular flexibility index (Phi) is 12.1. The summed E-state index contributed by atoms with van der Waals surface area (Å²) in [6.07, 6.45) is 0. The quantitative estimate of drug-likeness (QED) is 0.715. The van der Waals surface area contributed by atoms with Gasteiger partial charge in [-0.15, -0.1) is 0 Å². The van der Waals surface area contributed by atoms with Crippen molar-refractivity contribution in [2.75, 3.05) is 7.11 Å². The van der Waals surface area contributed by atoms with Crippen molar-refractivity contribution in [3.8, 4) is 0 Å². The van der Waals surface area contributed by atoms with Crippen LogP contribution in [0.4, 0.5) is 0 Å². The zero-order valence-electron chi connectivity index (χ0n) is 10.2. The molecule has 0 amide bonds. The summed E-state index contributed by atoms with van der Waals surface area (Å²) >= 11 is -0.826. The molecule has 1 nitrogen and oxygen atoms in total. The van der Waals surface area contributed by atoms with Crippen LogP contribution in [0.2, 0.25) is 0 Å². The molecule has 1 aromatic rings. The van der Waals surface area contributed by atoms with Gasteiger partial charge in [-0.05, 0) is 0 Å². The molecule has 0 aliphatic heterocycles. The molecule has 15 heavy (non-hydrogen) atoms. The maximum atomic E-state index is 7.00. The van der Waals surface area contributed by atoms with E-state index in [1.54, 1.807) is 0 Å². The van der Waals surface area contributed by atoms with Crippen molar-refractivity contribution in [1.82, 2.24) is 0 Å². The number of aliphatic hydroxyl groups excluding tert-OH is 1. The second-order valence-electron chi connectivity index (χ2n) is 3.20. The first-order valence-corrected chi connectivity index (χ1v) is 10.9. The van der Waals surface area contributed by atoms with E-state index in [1.807, 2.05) is 0 Å². The first kappa shape index (κ1) is 18.1. The Labute approximate surface area is 112 Å². The van der Waals surface area contributed by atoms with Crippen LogP contribution in [0.25, 0.3) is 0 Å². The van der Waals surface area contributed by atoms with Crippen LogP contribution in [0.1, 0.15) is 27.8 Å². The Morgan fingerprint density at radius 2 is 1.13 bits per heavy atom. The van der Waals surface area contributed by atoms with E-state index in [9.17, 15) is 0 Å². The predicted molar refractivity (Wildman–Crippen MR) is 65.6 cm³/mol. The Hall–Kier alpha value is 0.773.